The summed E-state index contributed by atoms with van der Waals surface area (Å²) >= 11 is 0. The highest BCUT2D eigenvalue weighted by atomic mass is 16.3. The Morgan fingerprint density at radius 3 is 2.11 bits per heavy atom. The van der Waals surface area contributed by atoms with Gasteiger partial charge in [0.2, 0.25) is 0 Å². The van der Waals surface area contributed by atoms with Crippen molar-refractivity contribution in [3.63, 3.8) is 0 Å². The van der Waals surface area contributed by atoms with Crippen LogP contribution in [0.1, 0.15) is 21.9 Å². The van der Waals surface area contributed by atoms with Gasteiger partial charge in [0.15, 0.2) is 0 Å². The molecule has 0 saturated heterocycles. The summed E-state index contributed by atoms with van der Waals surface area (Å²) in [4.78, 5) is 1.13. The van der Waals surface area contributed by atoms with Crippen molar-refractivity contribution in [3.05, 3.63) is 176 Å². The molecule has 0 fully saturated rings. The molecule has 0 amide bonds. The molecular formula is C44H29NO. The summed E-state index contributed by atoms with van der Waals surface area (Å²) in [7, 11) is 0. The Hall–Kier alpha value is -6.12. The van der Waals surface area contributed by atoms with Crippen LogP contribution in [0.3, 0.4) is 0 Å². The molecule has 2 heteroatoms. The Morgan fingerprint density at radius 2 is 1.20 bits per heavy atom. The molecule has 2 nitrogen and oxygen atoms in total. The summed E-state index contributed by atoms with van der Waals surface area (Å²) < 4.78 is 148. The highest BCUT2D eigenvalue weighted by Crippen LogP contribution is 2.47. The lowest BCUT2D eigenvalue weighted by molar-refractivity contribution is 0.673. The van der Waals surface area contributed by atoms with Crippen LogP contribution < -0.4 is 4.90 Å². The molecule has 0 spiro atoms. The summed E-state index contributed by atoms with van der Waals surface area (Å²) in [5.74, 6) is 0. The van der Waals surface area contributed by atoms with Gasteiger partial charge in [-0.25, -0.2) is 0 Å². The molecule has 0 aliphatic rings. The van der Waals surface area contributed by atoms with Gasteiger partial charge in [-0.3, -0.25) is 0 Å². The zero-order valence-electron chi connectivity index (χ0n) is 39.9. The van der Waals surface area contributed by atoms with E-state index in [1.54, 1.807) is 42.5 Å². The predicted octanol–water partition coefficient (Wildman–Crippen LogP) is 12.7. The van der Waals surface area contributed by atoms with Crippen molar-refractivity contribution in [2.24, 2.45) is 0 Å². The van der Waals surface area contributed by atoms with Gasteiger partial charge in [-0.15, -0.1) is 0 Å². The zero-order chi connectivity index (χ0) is 44.4. The van der Waals surface area contributed by atoms with Gasteiger partial charge in [0.1, 0.15) is 11.2 Å². The molecule has 0 radical (unpaired) electrons. The summed E-state index contributed by atoms with van der Waals surface area (Å²) in [6, 6.07) is 11.5. The number of anilines is 3. The van der Waals surface area contributed by atoms with E-state index < -0.39 is 130 Å². The lowest BCUT2D eigenvalue weighted by Gasteiger charge is -2.29. The molecule has 0 unspecified atom stereocenters. The van der Waals surface area contributed by atoms with E-state index in [1.165, 1.54) is 0 Å². The molecule has 9 rings (SSSR count). The minimum absolute atomic E-state index is 0.0749. The quantitative estimate of drug-likeness (QED) is 0.195. The first-order chi connectivity index (χ1) is 29.5. The third-order valence-corrected chi connectivity index (χ3v) is 7.92. The standard InChI is InChI=1S/C44H29NO/c1-2-12-30(13-3-1)31-24-27-34(28-25-31)45(40-22-10-16-32-14-4-6-17-35(32)40)41-21-9-8-19-37(41)38-20-11-23-42-43(38)39-29-26-33-15-5-7-18-36(33)44(39)46-42/h1-29H/i1D,2D,3D,4D,6D,10D,12D,13D,14D,16D,17D,22D,24D,25D,27D,28D. The van der Waals surface area contributed by atoms with Crippen LogP contribution >= 0.6 is 0 Å². The second-order valence-corrected chi connectivity index (χ2v) is 10.5. The van der Waals surface area contributed by atoms with Gasteiger partial charge in [0.25, 0.3) is 0 Å². The Morgan fingerprint density at radius 1 is 0.457 bits per heavy atom. The summed E-state index contributed by atoms with van der Waals surface area (Å²) in [6.07, 6.45) is 0. The van der Waals surface area contributed by atoms with Crippen LogP contribution in [0.2, 0.25) is 0 Å². The predicted molar refractivity (Wildman–Crippen MR) is 194 cm³/mol. The first kappa shape index (κ1) is 14.8. The van der Waals surface area contributed by atoms with Gasteiger partial charge in [-0.2, -0.15) is 0 Å². The van der Waals surface area contributed by atoms with Crippen molar-refractivity contribution in [3.8, 4) is 22.3 Å². The first-order valence-corrected chi connectivity index (χ1v) is 14.4. The van der Waals surface area contributed by atoms with Crippen molar-refractivity contribution in [2.75, 3.05) is 4.90 Å². The maximum Gasteiger partial charge on any atom is 0.143 e. The van der Waals surface area contributed by atoms with Gasteiger partial charge >= 0.3 is 0 Å². The third-order valence-electron chi connectivity index (χ3n) is 7.92. The van der Waals surface area contributed by atoms with Crippen molar-refractivity contribution in [2.45, 2.75) is 0 Å². The molecule has 0 N–H and O–H groups in total. The van der Waals surface area contributed by atoms with Gasteiger partial charge in [-0.05, 0) is 63.8 Å². The Balaban J connectivity index is 1.46. The van der Waals surface area contributed by atoms with Crippen LogP contribution in [0.4, 0.5) is 17.1 Å². The van der Waals surface area contributed by atoms with Crippen LogP contribution in [0.25, 0.3) is 65.7 Å². The minimum Gasteiger partial charge on any atom is -0.455 e. The number of rotatable bonds is 5. The van der Waals surface area contributed by atoms with Gasteiger partial charge in [0.05, 0.1) is 33.3 Å². The second kappa shape index (κ2) is 10.8. The molecule has 0 saturated carbocycles. The summed E-state index contributed by atoms with van der Waals surface area (Å²) in [6.45, 7) is 0. The summed E-state index contributed by atoms with van der Waals surface area (Å²) in [5, 5.41) is 2.35. The Kier molecular flexibility index (Phi) is 3.47. The van der Waals surface area contributed by atoms with Gasteiger partial charge in [0, 0.05) is 32.8 Å². The van der Waals surface area contributed by atoms with Crippen molar-refractivity contribution >= 4 is 60.5 Å². The van der Waals surface area contributed by atoms with E-state index in [1.807, 2.05) is 36.4 Å². The maximum atomic E-state index is 9.56. The highest BCUT2D eigenvalue weighted by Gasteiger charge is 2.22. The molecule has 0 aliphatic heterocycles. The highest BCUT2D eigenvalue weighted by molar-refractivity contribution is 6.20. The molecule has 1 aromatic heterocycles. The Labute approximate surface area is 289 Å². The number of benzene rings is 8. The van der Waals surface area contributed by atoms with E-state index in [4.69, 9.17) is 19.5 Å². The number of fused-ring (bicyclic) bond motifs is 6. The van der Waals surface area contributed by atoms with Crippen LogP contribution in [0.15, 0.2) is 180 Å². The van der Waals surface area contributed by atoms with Crippen molar-refractivity contribution in [1.82, 2.24) is 0 Å². The molecular weight excluding hydrogens is 558 g/mol. The van der Waals surface area contributed by atoms with Crippen molar-refractivity contribution in [1.29, 1.82) is 0 Å². The van der Waals surface area contributed by atoms with Crippen LogP contribution in [0.5, 0.6) is 0 Å². The topological polar surface area (TPSA) is 16.4 Å². The number of nitrogens with zero attached hydrogens (tertiary/aromatic N) is 1. The normalized spacial score (nSPS) is 16.3. The zero-order valence-corrected chi connectivity index (χ0v) is 23.9. The largest absolute Gasteiger partial charge is 0.455 e. The molecule has 0 bridgehead atoms. The first-order valence-electron chi connectivity index (χ1n) is 22.4. The lowest BCUT2D eigenvalue weighted by Crippen LogP contribution is -2.11. The summed E-state index contributed by atoms with van der Waals surface area (Å²) in [5.41, 5.74) is -0.102. The third kappa shape index (κ3) is 4.27. The SMILES string of the molecule is [2H]c1c([2H])c([2H])c(-c2c([2H])c([2H])c(N(c3ccccc3-c3cccc4oc5c6ccccc6ccc5c34)c3c([2H])c([2H])c([2H])c4c([2H])c([2H])c([2H])c([2H])c34)c([2H])c2[2H])c([2H])c1[2H]. The van der Waals surface area contributed by atoms with Crippen LogP contribution in [0, 0.1) is 0 Å². The van der Waals surface area contributed by atoms with Crippen LogP contribution in [-0.4, -0.2) is 0 Å². The molecule has 0 atom stereocenters. The Bertz CT molecular complexity index is 3390. The average molecular weight is 604 g/mol. The van der Waals surface area contributed by atoms with Gasteiger partial charge in [-0.1, -0.05) is 139 Å². The van der Waals surface area contributed by atoms with E-state index in [-0.39, 0.29) is 5.69 Å². The fraction of sp³-hybridized carbons (Fsp3) is 0. The molecule has 9 aromatic rings. The van der Waals surface area contributed by atoms with Gasteiger partial charge < -0.3 is 9.32 Å². The average Bonchev–Trinajstić information content (AvgIpc) is 3.67. The fourth-order valence-corrected chi connectivity index (χ4v) is 5.91. The van der Waals surface area contributed by atoms with E-state index in [2.05, 4.69) is 0 Å². The second-order valence-electron chi connectivity index (χ2n) is 10.5. The molecule has 216 valence electrons. The van der Waals surface area contributed by atoms with E-state index in [0.717, 1.165) is 21.1 Å². The van der Waals surface area contributed by atoms with E-state index in [0.29, 0.717) is 27.7 Å². The smallest absolute Gasteiger partial charge is 0.143 e. The number of hydrogen-bond acceptors (Lipinski definition) is 2. The number of hydrogen-bond donors (Lipinski definition) is 0. The molecule has 0 aliphatic carbocycles. The minimum atomic E-state index is -0.822. The molecule has 46 heavy (non-hydrogen) atoms. The molecule has 8 aromatic carbocycles. The number of furan rings is 1. The van der Waals surface area contributed by atoms with Crippen molar-refractivity contribution < 1.29 is 26.3 Å². The van der Waals surface area contributed by atoms with E-state index >= 15 is 0 Å². The lowest BCUT2D eigenvalue weighted by atomic mass is 9.95. The molecule has 1 heterocycles. The fourth-order valence-electron chi connectivity index (χ4n) is 5.91. The monoisotopic (exact) mass is 603 g/mol. The number of para-hydroxylation sites is 1. The van der Waals surface area contributed by atoms with Crippen LogP contribution in [-0.2, 0) is 0 Å². The van der Waals surface area contributed by atoms with E-state index in [9.17, 15) is 6.85 Å². The maximum absolute atomic E-state index is 9.56.